The maximum absolute atomic E-state index is 12.9. The van der Waals surface area contributed by atoms with Crippen molar-refractivity contribution in [2.75, 3.05) is 13.2 Å². The zero-order chi connectivity index (χ0) is 57.1. The van der Waals surface area contributed by atoms with Gasteiger partial charge in [0.2, 0.25) is 0 Å². The monoisotopic (exact) mass is 1090 g/mol. The summed E-state index contributed by atoms with van der Waals surface area (Å²) in [4.78, 5) is 38.4. The van der Waals surface area contributed by atoms with Crippen LogP contribution in [0.1, 0.15) is 290 Å². The van der Waals surface area contributed by atoms with Crippen molar-refractivity contribution in [3.63, 3.8) is 0 Å². The van der Waals surface area contributed by atoms with Gasteiger partial charge in [0.25, 0.3) is 0 Å². The molecular weight excluding hydrogens is 973 g/mol. The molecule has 0 aromatic rings. The van der Waals surface area contributed by atoms with Gasteiger partial charge in [-0.25, -0.2) is 0 Å². The van der Waals surface area contributed by atoms with E-state index < -0.39 is 6.10 Å². The summed E-state index contributed by atoms with van der Waals surface area (Å²) in [6.07, 6.45) is 93.0. The van der Waals surface area contributed by atoms with Gasteiger partial charge in [0.1, 0.15) is 13.2 Å². The largest absolute Gasteiger partial charge is 0.462 e. The van der Waals surface area contributed by atoms with Crippen molar-refractivity contribution in [3.05, 3.63) is 134 Å². The number of carbonyl (C=O) groups is 3. The van der Waals surface area contributed by atoms with Crippen molar-refractivity contribution >= 4 is 17.9 Å². The molecule has 0 heterocycles. The number of hydrogen-bond acceptors (Lipinski definition) is 6. The van der Waals surface area contributed by atoms with Crippen LogP contribution in [0.5, 0.6) is 0 Å². The van der Waals surface area contributed by atoms with Gasteiger partial charge in [0.05, 0.1) is 0 Å². The van der Waals surface area contributed by atoms with E-state index in [1.54, 1.807) is 0 Å². The smallest absolute Gasteiger partial charge is 0.306 e. The molecule has 6 heteroatoms. The van der Waals surface area contributed by atoms with E-state index in [9.17, 15) is 14.4 Å². The molecule has 0 aliphatic heterocycles. The maximum atomic E-state index is 12.9. The number of ether oxygens (including phenoxy) is 3. The summed E-state index contributed by atoms with van der Waals surface area (Å²) in [5.41, 5.74) is 0. The van der Waals surface area contributed by atoms with E-state index in [2.05, 4.69) is 154 Å². The SMILES string of the molecule is CC/C=C\C/C=C\C/C=C\C/C=C\C/C=C\C/C=C\C/C=C\CCCCCC(=O)OCC(COC(=O)CCCCCCCCC/C=C\C/C=C\CCCCCC)OC(=O)CCCCCCCCC/C=C\C/C=C\CCCCCC. The lowest BCUT2D eigenvalue weighted by Gasteiger charge is -2.18. The Morgan fingerprint density at radius 1 is 0.266 bits per heavy atom. The summed E-state index contributed by atoms with van der Waals surface area (Å²) in [6, 6.07) is 0. The number of allylic oxidation sites excluding steroid dienone is 22. The van der Waals surface area contributed by atoms with Crippen LogP contribution in [0.2, 0.25) is 0 Å². The molecule has 0 saturated carbocycles. The summed E-state index contributed by atoms with van der Waals surface area (Å²) in [5.74, 6) is -0.945. The third-order valence-electron chi connectivity index (χ3n) is 13.6. The molecule has 0 amide bonds. The van der Waals surface area contributed by atoms with Gasteiger partial charge in [-0.2, -0.15) is 0 Å². The quantitative estimate of drug-likeness (QED) is 0.0261. The summed E-state index contributed by atoms with van der Waals surface area (Å²) in [6.45, 7) is 6.46. The number of unbranched alkanes of at least 4 members (excludes halogenated alkanes) is 25. The first-order valence-electron chi connectivity index (χ1n) is 32.7. The zero-order valence-corrected chi connectivity index (χ0v) is 51.3. The molecule has 0 aliphatic rings. The minimum absolute atomic E-state index is 0.0996. The van der Waals surface area contributed by atoms with Crippen molar-refractivity contribution < 1.29 is 28.6 Å². The summed E-state index contributed by atoms with van der Waals surface area (Å²) in [7, 11) is 0. The molecule has 0 radical (unpaired) electrons. The fourth-order valence-electron chi connectivity index (χ4n) is 8.72. The van der Waals surface area contributed by atoms with Gasteiger partial charge in [-0.15, -0.1) is 0 Å². The van der Waals surface area contributed by atoms with Crippen LogP contribution in [0.25, 0.3) is 0 Å². The van der Waals surface area contributed by atoms with E-state index in [1.807, 2.05) is 0 Å². The molecule has 0 N–H and O–H groups in total. The van der Waals surface area contributed by atoms with Crippen LogP contribution in [0.15, 0.2) is 134 Å². The van der Waals surface area contributed by atoms with Crippen LogP contribution < -0.4 is 0 Å². The molecule has 79 heavy (non-hydrogen) atoms. The van der Waals surface area contributed by atoms with Crippen molar-refractivity contribution in [2.24, 2.45) is 0 Å². The van der Waals surface area contributed by atoms with E-state index in [0.717, 1.165) is 135 Å². The molecule has 448 valence electrons. The molecule has 0 aromatic carbocycles. The van der Waals surface area contributed by atoms with Crippen LogP contribution >= 0.6 is 0 Å². The van der Waals surface area contributed by atoms with E-state index in [1.165, 1.54) is 116 Å². The molecule has 1 unspecified atom stereocenters. The maximum Gasteiger partial charge on any atom is 0.306 e. The highest BCUT2D eigenvalue weighted by Crippen LogP contribution is 2.15. The minimum atomic E-state index is -0.807. The Kier molecular flexibility index (Phi) is 62.3. The second kappa shape index (κ2) is 66.1. The summed E-state index contributed by atoms with van der Waals surface area (Å²) >= 11 is 0. The van der Waals surface area contributed by atoms with Gasteiger partial charge in [-0.3, -0.25) is 14.4 Å². The molecule has 0 saturated heterocycles. The second-order valence-corrected chi connectivity index (χ2v) is 21.3. The van der Waals surface area contributed by atoms with Gasteiger partial charge >= 0.3 is 17.9 Å². The number of rotatable bonds is 58. The predicted molar refractivity (Wildman–Crippen MR) is 343 cm³/mol. The summed E-state index contributed by atoms with van der Waals surface area (Å²) < 4.78 is 16.9. The first kappa shape index (κ1) is 74.5. The Balaban J connectivity index is 4.49. The predicted octanol–water partition coefficient (Wildman–Crippen LogP) is 22.5. The van der Waals surface area contributed by atoms with Crippen LogP contribution in [0.4, 0.5) is 0 Å². The Labute approximate surface area is 487 Å². The minimum Gasteiger partial charge on any atom is -0.462 e. The van der Waals surface area contributed by atoms with Crippen LogP contribution in [0.3, 0.4) is 0 Å². The van der Waals surface area contributed by atoms with E-state index in [-0.39, 0.29) is 31.1 Å². The molecule has 0 spiro atoms. The van der Waals surface area contributed by atoms with E-state index in [0.29, 0.717) is 19.3 Å². The number of hydrogen-bond donors (Lipinski definition) is 0. The van der Waals surface area contributed by atoms with Gasteiger partial charge in [-0.05, 0) is 141 Å². The molecule has 0 bridgehead atoms. The summed E-state index contributed by atoms with van der Waals surface area (Å²) in [5, 5.41) is 0. The highest BCUT2D eigenvalue weighted by Gasteiger charge is 2.19. The molecule has 1 atom stereocenters. The molecular formula is C73H120O6. The zero-order valence-electron chi connectivity index (χ0n) is 51.3. The van der Waals surface area contributed by atoms with Gasteiger partial charge in [0, 0.05) is 19.3 Å². The van der Waals surface area contributed by atoms with Gasteiger partial charge < -0.3 is 14.2 Å². The fraction of sp³-hybridized carbons (Fsp3) is 0.658. The molecule has 0 aromatic heterocycles. The Bertz CT molecular complexity index is 1680. The van der Waals surface area contributed by atoms with Gasteiger partial charge in [-0.1, -0.05) is 264 Å². The lowest BCUT2D eigenvalue weighted by molar-refractivity contribution is -0.167. The number of esters is 3. The molecule has 6 nitrogen and oxygen atoms in total. The van der Waals surface area contributed by atoms with Crippen molar-refractivity contribution in [3.8, 4) is 0 Å². The van der Waals surface area contributed by atoms with Crippen molar-refractivity contribution in [2.45, 2.75) is 297 Å². The third kappa shape index (κ3) is 64.3. The average Bonchev–Trinajstić information content (AvgIpc) is 3.45. The second-order valence-electron chi connectivity index (χ2n) is 21.3. The molecule has 0 aliphatic carbocycles. The highest BCUT2D eigenvalue weighted by molar-refractivity contribution is 5.71. The average molecular weight is 1090 g/mol. The first-order valence-corrected chi connectivity index (χ1v) is 32.7. The third-order valence-corrected chi connectivity index (χ3v) is 13.6. The first-order chi connectivity index (χ1) is 39.0. The lowest BCUT2D eigenvalue weighted by Crippen LogP contribution is -2.30. The Morgan fingerprint density at radius 2 is 0.494 bits per heavy atom. The van der Waals surface area contributed by atoms with E-state index in [4.69, 9.17) is 14.2 Å². The Hall–Kier alpha value is -4.45. The standard InChI is InChI=1S/C73H120O6/c1-4-7-10-13-16-19-22-25-28-31-34-35-36-37-38-39-40-43-45-48-51-54-57-60-63-66-72(75)78-69-70(79-73(76)67-64-61-58-55-52-49-46-42-33-30-27-24-21-18-15-12-9-6-3)68-77-71(74)65-62-59-56-53-50-47-44-41-32-29-26-23-20-17-14-11-8-5-2/h7,10,16,19-21,23-25,28-30,32-35,37-38,40,43,48,51,70H,4-6,8-9,11-15,17-18,22,26-27,31,36,39,41-42,44-47,49-50,52-69H2,1-3H3/b10-7-,19-16-,23-20-,24-21-,28-25-,32-29-,33-30-,35-34-,38-37-,43-40-,51-48-. The van der Waals surface area contributed by atoms with Crippen LogP contribution in [0, 0.1) is 0 Å². The van der Waals surface area contributed by atoms with Crippen molar-refractivity contribution in [1.82, 2.24) is 0 Å². The number of carbonyl (C=O) groups excluding carboxylic acids is 3. The topological polar surface area (TPSA) is 78.9 Å². The Morgan fingerprint density at radius 3 is 0.785 bits per heavy atom. The van der Waals surface area contributed by atoms with Crippen LogP contribution in [-0.4, -0.2) is 37.2 Å². The fourth-order valence-corrected chi connectivity index (χ4v) is 8.72. The van der Waals surface area contributed by atoms with Gasteiger partial charge in [0.15, 0.2) is 6.10 Å². The highest BCUT2D eigenvalue weighted by atomic mass is 16.6. The molecule has 0 fully saturated rings. The molecule has 0 rings (SSSR count). The van der Waals surface area contributed by atoms with E-state index >= 15 is 0 Å². The van der Waals surface area contributed by atoms with Crippen molar-refractivity contribution in [1.29, 1.82) is 0 Å². The van der Waals surface area contributed by atoms with Crippen LogP contribution in [-0.2, 0) is 28.6 Å². The lowest BCUT2D eigenvalue weighted by atomic mass is 10.1. The normalized spacial score (nSPS) is 13.0.